The minimum absolute atomic E-state index is 0.0434. The fourth-order valence-electron chi connectivity index (χ4n) is 1.66. The number of carbonyl (C=O) groups is 1. The molecule has 0 radical (unpaired) electrons. The molecule has 0 fully saturated rings. The number of alkyl halides is 2. The van der Waals surface area contributed by atoms with Crippen LogP contribution < -0.4 is 10.5 Å². The molecule has 0 aliphatic carbocycles. The lowest BCUT2D eigenvalue weighted by atomic mass is 9.81. The van der Waals surface area contributed by atoms with E-state index in [2.05, 4.69) is 4.74 Å². The number of rotatable bonds is 5. The average molecular weight is 273 g/mol. The van der Waals surface area contributed by atoms with Crippen molar-refractivity contribution in [3.8, 4) is 5.75 Å². The van der Waals surface area contributed by atoms with Gasteiger partial charge in [0.2, 0.25) is 0 Å². The number of halogens is 2. The first-order valence-electron chi connectivity index (χ1n) is 5.67. The van der Waals surface area contributed by atoms with Crippen molar-refractivity contribution < 1.29 is 23.0 Å². The zero-order valence-electron chi connectivity index (χ0n) is 11.0. The second-order valence-electron chi connectivity index (χ2n) is 4.64. The summed E-state index contributed by atoms with van der Waals surface area (Å²) in [6.45, 7) is 0.450. The van der Waals surface area contributed by atoms with Crippen LogP contribution in [0, 0.1) is 5.41 Å². The molecule has 1 rings (SSSR count). The Kier molecular flexibility index (Phi) is 4.83. The number of carbonyl (C=O) groups excluding carboxylic acids is 1. The van der Waals surface area contributed by atoms with Crippen molar-refractivity contribution >= 4 is 5.97 Å². The Labute approximate surface area is 110 Å². The van der Waals surface area contributed by atoms with Gasteiger partial charge in [0.05, 0.1) is 12.5 Å². The maximum atomic E-state index is 12.0. The van der Waals surface area contributed by atoms with E-state index in [0.29, 0.717) is 5.56 Å². The van der Waals surface area contributed by atoms with Crippen molar-refractivity contribution in [3.63, 3.8) is 0 Å². The minimum atomic E-state index is -2.87. The molecule has 0 spiro atoms. The van der Waals surface area contributed by atoms with E-state index in [9.17, 15) is 13.6 Å². The number of methoxy groups -OCH3 is 1. The first kappa shape index (κ1) is 15.4. The van der Waals surface area contributed by atoms with Crippen molar-refractivity contribution in [2.24, 2.45) is 11.1 Å². The second-order valence-corrected chi connectivity index (χ2v) is 4.64. The molecule has 6 heteroatoms. The molecule has 4 nitrogen and oxygen atoms in total. The third kappa shape index (κ3) is 3.64. The first-order valence-corrected chi connectivity index (χ1v) is 5.67. The van der Waals surface area contributed by atoms with Gasteiger partial charge in [-0.3, -0.25) is 4.79 Å². The van der Waals surface area contributed by atoms with Gasteiger partial charge in [-0.2, -0.15) is 8.78 Å². The van der Waals surface area contributed by atoms with Crippen LogP contribution >= 0.6 is 0 Å². The molecule has 0 amide bonds. The Morgan fingerprint density at radius 1 is 1.26 bits per heavy atom. The molecule has 0 aliphatic heterocycles. The molecule has 0 bridgehead atoms. The van der Waals surface area contributed by atoms with Crippen LogP contribution in [-0.2, 0) is 9.53 Å². The molecule has 0 aliphatic rings. The molecule has 1 atom stereocenters. The smallest absolute Gasteiger partial charge is 0.387 e. The van der Waals surface area contributed by atoms with Crippen molar-refractivity contribution in [3.05, 3.63) is 29.8 Å². The van der Waals surface area contributed by atoms with E-state index in [4.69, 9.17) is 10.5 Å². The maximum Gasteiger partial charge on any atom is 0.387 e. The van der Waals surface area contributed by atoms with Gasteiger partial charge in [0.1, 0.15) is 5.75 Å². The lowest BCUT2D eigenvalue weighted by Gasteiger charge is -2.29. The summed E-state index contributed by atoms with van der Waals surface area (Å²) in [4.78, 5) is 11.6. The topological polar surface area (TPSA) is 61.5 Å². The van der Waals surface area contributed by atoms with Gasteiger partial charge < -0.3 is 15.2 Å². The van der Waals surface area contributed by atoms with Gasteiger partial charge >= 0.3 is 12.6 Å². The highest BCUT2D eigenvalue weighted by molar-refractivity contribution is 5.77. The number of benzene rings is 1. The van der Waals surface area contributed by atoms with E-state index in [-0.39, 0.29) is 5.75 Å². The van der Waals surface area contributed by atoms with E-state index in [0.717, 1.165) is 0 Å². The molecule has 0 saturated heterocycles. The zero-order chi connectivity index (χ0) is 14.6. The first-order chi connectivity index (χ1) is 8.78. The molecular weight excluding hydrogens is 256 g/mol. The maximum absolute atomic E-state index is 12.0. The van der Waals surface area contributed by atoms with Crippen LogP contribution in [0.3, 0.4) is 0 Å². The van der Waals surface area contributed by atoms with Crippen molar-refractivity contribution in [1.82, 2.24) is 0 Å². The van der Waals surface area contributed by atoms with Crippen LogP contribution in [0.4, 0.5) is 8.78 Å². The molecule has 0 heterocycles. The highest BCUT2D eigenvalue weighted by Gasteiger charge is 2.36. The van der Waals surface area contributed by atoms with E-state index >= 15 is 0 Å². The van der Waals surface area contributed by atoms with Gasteiger partial charge in [-0.25, -0.2) is 0 Å². The van der Waals surface area contributed by atoms with E-state index in [1.807, 2.05) is 0 Å². The van der Waals surface area contributed by atoms with E-state index in [1.165, 1.54) is 19.2 Å². The van der Waals surface area contributed by atoms with Crippen LogP contribution in [0.5, 0.6) is 5.75 Å². The van der Waals surface area contributed by atoms with Gasteiger partial charge in [-0.1, -0.05) is 12.1 Å². The summed E-state index contributed by atoms with van der Waals surface area (Å²) in [7, 11) is 1.29. The Hall–Kier alpha value is -1.69. The molecule has 106 valence electrons. The highest BCUT2D eigenvalue weighted by Crippen LogP contribution is 2.33. The lowest BCUT2D eigenvalue weighted by Crippen LogP contribution is -2.37. The molecule has 2 N–H and O–H groups in total. The zero-order valence-corrected chi connectivity index (χ0v) is 11.0. The van der Waals surface area contributed by atoms with E-state index < -0.39 is 24.0 Å². The Bertz CT molecular complexity index is 432. The van der Waals surface area contributed by atoms with Crippen LogP contribution in [-0.4, -0.2) is 19.7 Å². The fourth-order valence-corrected chi connectivity index (χ4v) is 1.66. The van der Waals surface area contributed by atoms with Gasteiger partial charge in [-0.15, -0.1) is 0 Å². The Morgan fingerprint density at radius 2 is 1.79 bits per heavy atom. The molecule has 19 heavy (non-hydrogen) atoms. The number of esters is 1. The predicted octanol–water partition coefficient (Wildman–Crippen LogP) is 2.49. The van der Waals surface area contributed by atoms with E-state index in [1.54, 1.807) is 26.0 Å². The van der Waals surface area contributed by atoms with Crippen LogP contribution in [0.2, 0.25) is 0 Å². The van der Waals surface area contributed by atoms with Crippen LogP contribution in [0.25, 0.3) is 0 Å². The summed E-state index contributed by atoms with van der Waals surface area (Å²) < 4.78 is 33.0. The monoisotopic (exact) mass is 273 g/mol. The van der Waals surface area contributed by atoms with Gasteiger partial charge in [0.25, 0.3) is 0 Å². The second kappa shape index (κ2) is 5.97. The molecule has 0 saturated carbocycles. The molecular formula is C13H17F2NO3. The Balaban J connectivity index is 2.88. The number of ether oxygens (including phenoxy) is 2. The summed E-state index contributed by atoms with van der Waals surface area (Å²) in [6, 6.07) is 5.25. The third-order valence-electron chi connectivity index (χ3n) is 2.95. The van der Waals surface area contributed by atoms with Crippen molar-refractivity contribution in [2.45, 2.75) is 26.5 Å². The lowest BCUT2D eigenvalue weighted by molar-refractivity contribution is -0.152. The molecule has 1 aromatic carbocycles. The van der Waals surface area contributed by atoms with Gasteiger partial charge in [0.15, 0.2) is 0 Å². The third-order valence-corrected chi connectivity index (χ3v) is 2.95. The summed E-state index contributed by atoms with van der Waals surface area (Å²) in [5.41, 5.74) is 5.73. The average Bonchev–Trinajstić information content (AvgIpc) is 2.37. The number of nitrogens with two attached hydrogens (primary N) is 1. The number of hydrogen-bond acceptors (Lipinski definition) is 4. The minimum Gasteiger partial charge on any atom is -0.469 e. The molecule has 0 aromatic heterocycles. The Morgan fingerprint density at radius 3 is 2.21 bits per heavy atom. The van der Waals surface area contributed by atoms with Gasteiger partial charge in [-0.05, 0) is 31.5 Å². The summed E-state index contributed by atoms with van der Waals surface area (Å²) in [6.07, 6.45) is 0. The predicted molar refractivity (Wildman–Crippen MR) is 65.8 cm³/mol. The van der Waals surface area contributed by atoms with Crippen molar-refractivity contribution in [2.75, 3.05) is 7.11 Å². The van der Waals surface area contributed by atoms with Crippen LogP contribution in [0.1, 0.15) is 25.5 Å². The summed E-state index contributed by atoms with van der Waals surface area (Å²) >= 11 is 0. The fraction of sp³-hybridized carbons (Fsp3) is 0.462. The molecule has 0 unspecified atom stereocenters. The highest BCUT2D eigenvalue weighted by atomic mass is 19.3. The summed E-state index contributed by atoms with van der Waals surface area (Å²) in [5, 5.41) is 0. The number of hydrogen-bond donors (Lipinski definition) is 1. The largest absolute Gasteiger partial charge is 0.469 e. The summed E-state index contributed by atoms with van der Waals surface area (Å²) in [5.74, 6) is -0.394. The normalized spacial score (nSPS) is 13.2. The van der Waals surface area contributed by atoms with Gasteiger partial charge in [0, 0.05) is 6.04 Å². The van der Waals surface area contributed by atoms with Crippen LogP contribution in [0.15, 0.2) is 24.3 Å². The SMILES string of the molecule is COC(=O)C(C)(C)[C@@H](N)c1ccc(OC(F)F)cc1. The quantitative estimate of drug-likeness (QED) is 0.837. The van der Waals surface area contributed by atoms with Crippen molar-refractivity contribution in [1.29, 1.82) is 0 Å². The standard InChI is InChI=1S/C13H17F2NO3/c1-13(2,11(17)18-3)10(16)8-4-6-9(7-5-8)19-12(14)15/h4-7,10,12H,16H2,1-3H3/t10-/m0/s1. The molecule has 1 aromatic rings.